The van der Waals surface area contributed by atoms with Crippen molar-refractivity contribution in [2.24, 2.45) is 0 Å². The number of rotatable bonds is 3. The SMILES string of the molecule is COc1cc(C(=O)N2CCC(N3CCOCC3)CC2)ccc1C. The lowest BCUT2D eigenvalue weighted by atomic mass is 10.0. The van der Waals surface area contributed by atoms with Crippen LogP contribution in [0.5, 0.6) is 5.75 Å². The van der Waals surface area contributed by atoms with Crippen molar-refractivity contribution in [2.45, 2.75) is 25.8 Å². The van der Waals surface area contributed by atoms with E-state index in [1.54, 1.807) is 7.11 Å². The highest BCUT2D eigenvalue weighted by Crippen LogP contribution is 2.23. The second kappa shape index (κ2) is 7.32. The van der Waals surface area contributed by atoms with Crippen LogP contribution in [0.15, 0.2) is 18.2 Å². The molecule has 2 aliphatic rings. The van der Waals surface area contributed by atoms with Crippen LogP contribution in [0, 0.1) is 6.92 Å². The van der Waals surface area contributed by atoms with Crippen molar-refractivity contribution in [3.05, 3.63) is 29.3 Å². The van der Waals surface area contributed by atoms with E-state index in [-0.39, 0.29) is 5.91 Å². The number of amides is 1. The number of morpholine rings is 1. The van der Waals surface area contributed by atoms with Gasteiger partial charge in [0.1, 0.15) is 5.75 Å². The summed E-state index contributed by atoms with van der Waals surface area (Å²) in [4.78, 5) is 17.2. The highest BCUT2D eigenvalue weighted by Gasteiger charge is 2.28. The first-order valence-electron chi connectivity index (χ1n) is 8.45. The molecule has 0 bridgehead atoms. The quantitative estimate of drug-likeness (QED) is 0.854. The molecule has 2 saturated heterocycles. The zero-order valence-corrected chi connectivity index (χ0v) is 14.1. The molecule has 3 rings (SSSR count). The first-order chi connectivity index (χ1) is 11.2. The molecule has 2 aliphatic heterocycles. The largest absolute Gasteiger partial charge is 0.496 e. The maximum atomic E-state index is 12.7. The third-order valence-electron chi connectivity index (χ3n) is 4.97. The predicted molar refractivity (Wildman–Crippen MR) is 89.0 cm³/mol. The van der Waals surface area contributed by atoms with E-state index in [0.29, 0.717) is 6.04 Å². The van der Waals surface area contributed by atoms with Gasteiger partial charge in [-0.15, -0.1) is 0 Å². The Hall–Kier alpha value is -1.59. The summed E-state index contributed by atoms with van der Waals surface area (Å²) in [6, 6.07) is 6.29. The monoisotopic (exact) mass is 318 g/mol. The van der Waals surface area contributed by atoms with Crippen LogP contribution in [0.4, 0.5) is 0 Å². The zero-order valence-electron chi connectivity index (χ0n) is 14.1. The molecular weight excluding hydrogens is 292 g/mol. The van der Waals surface area contributed by atoms with Gasteiger partial charge in [-0.2, -0.15) is 0 Å². The molecule has 0 saturated carbocycles. The number of methoxy groups -OCH3 is 1. The summed E-state index contributed by atoms with van der Waals surface area (Å²) in [7, 11) is 1.64. The lowest BCUT2D eigenvalue weighted by molar-refractivity contribution is 0.00158. The minimum Gasteiger partial charge on any atom is -0.496 e. The van der Waals surface area contributed by atoms with Crippen molar-refractivity contribution in [3.63, 3.8) is 0 Å². The molecular formula is C18H26N2O3. The van der Waals surface area contributed by atoms with Gasteiger partial charge in [0.05, 0.1) is 20.3 Å². The minimum atomic E-state index is 0.115. The Kier molecular flexibility index (Phi) is 5.18. The topological polar surface area (TPSA) is 42.0 Å². The summed E-state index contributed by atoms with van der Waals surface area (Å²) in [5.74, 6) is 0.891. The molecule has 0 unspecified atom stereocenters. The van der Waals surface area contributed by atoms with Crippen LogP contribution in [-0.2, 0) is 4.74 Å². The zero-order chi connectivity index (χ0) is 16.2. The summed E-state index contributed by atoms with van der Waals surface area (Å²) < 4.78 is 10.8. The normalized spacial score (nSPS) is 20.5. The molecule has 0 radical (unpaired) electrons. The average molecular weight is 318 g/mol. The van der Waals surface area contributed by atoms with Crippen LogP contribution in [0.2, 0.25) is 0 Å². The Morgan fingerprint density at radius 2 is 1.87 bits per heavy atom. The second-order valence-corrected chi connectivity index (χ2v) is 6.36. The van der Waals surface area contributed by atoms with Crippen molar-refractivity contribution in [1.29, 1.82) is 0 Å². The van der Waals surface area contributed by atoms with Gasteiger partial charge in [-0.25, -0.2) is 0 Å². The smallest absolute Gasteiger partial charge is 0.253 e. The fourth-order valence-electron chi connectivity index (χ4n) is 3.51. The molecule has 5 nitrogen and oxygen atoms in total. The summed E-state index contributed by atoms with van der Waals surface area (Å²) in [5.41, 5.74) is 1.77. The number of nitrogens with zero attached hydrogens (tertiary/aromatic N) is 2. The summed E-state index contributed by atoms with van der Waals surface area (Å²) in [6.07, 6.45) is 2.10. The van der Waals surface area contributed by atoms with Gasteiger partial charge in [0.2, 0.25) is 0 Å². The fraction of sp³-hybridized carbons (Fsp3) is 0.611. The van der Waals surface area contributed by atoms with Gasteiger partial charge in [-0.05, 0) is 37.5 Å². The number of hydrogen-bond donors (Lipinski definition) is 0. The molecule has 1 aromatic carbocycles. The molecule has 0 N–H and O–H groups in total. The molecule has 0 aliphatic carbocycles. The number of benzene rings is 1. The average Bonchev–Trinajstić information content (AvgIpc) is 2.62. The Balaban J connectivity index is 1.59. The summed E-state index contributed by atoms with van der Waals surface area (Å²) >= 11 is 0. The van der Waals surface area contributed by atoms with Gasteiger partial charge in [0.25, 0.3) is 5.91 Å². The molecule has 126 valence electrons. The van der Waals surface area contributed by atoms with E-state index in [4.69, 9.17) is 9.47 Å². The summed E-state index contributed by atoms with van der Waals surface area (Å²) in [6.45, 7) is 7.36. The molecule has 5 heteroatoms. The highest BCUT2D eigenvalue weighted by molar-refractivity contribution is 5.94. The Bertz CT molecular complexity index is 547. The van der Waals surface area contributed by atoms with Crippen LogP contribution < -0.4 is 4.74 Å². The van der Waals surface area contributed by atoms with Crippen molar-refractivity contribution in [2.75, 3.05) is 46.5 Å². The van der Waals surface area contributed by atoms with E-state index < -0.39 is 0 Å². The van der Waals surface area contributed by atoms with Crippen molar-refractivity contribution >= 4 is 5.91 Å². The number of carbonyl (C=O) groups is 1. The number of carbonyl (C=O) groups excluding carboxylic acids is 1. The van der Waals surface area contributed by atoms with Gasteiger partial charge in [-0.1, -0.05) is 6.07 Å². The van der Waals surface area contributed by atoms with E-state index >= 15 is 0 Å². The van der Waals surface area contributed by atoms with E-state index in [2.05, 4.69) is 4.90 Å². The third-order valence-corrected chi connectivity index (χ3v) is 4.97. The van der Waals surface area contributed by atoms with Crippen LogP contribution in [0.3, 0.4) is 0 Å². The first-order valence-corrected chi connectivity index (χ1v) is 8.45. The second-order valence-electron chi connectivity index (χ2n) is 6.36. The molecule has 1 aromatic rings. The van der Waals surface area contributed by atoms with Gasteiger partial charge in [-0.3, -0.25) is 9.69 Å². The van der Waals surface area contributed by atoms with Crippen LogP contribution in [0.1, 0.15) is 28.8 Å². The Labute approximate surface area is 138 Å². The number of aryl methyl sites for hydroxylation is 1. The summed E-state index contributed by atoms with van der Waals surface area (Å²) in [5, 5.41) is 0. The van der Waals surface area contributed by atoms with Crippen molar-refractivity contribution in [3.8, 4) is 5.75 Å². The van der Waals surface area contributed by atoms with Gasteiger partial charge in [0.15, 0.2) is 0 Å². The van der Waals surface area contributed by atoms with E-state index in [9.17, 15) is 4.79 Å². The molecule has 0 aromatic heterocycles. The lowest BCUT2D eigenvalue weighted by Gasteiger charge is -2.40. The molecule has 2 fully saturated rings. The molecule has 2 heterocycles. The van der Waals surface area contributed by atoms with Crippen molar-refractivity contribution < 1.29 is 14.3 Å². The third kappa shape index (κ3) is 3.67. The van der Waals surface area contributed by atoms with Crippen LogP contribution >= 0.6 is 0 Å². The minimum absolute atomic E-state index is 0.115. The predicted octanol–water partition coefficient (Wildman–Crippen LogP) is 1.94. The fourth-order valence-corrected chi connectivity index (χ4v) is 3.51. The van der Waals surface area contributed by atoms with E-state index in [0.717, 1.165) is 69.1 Å². The number of hydrogen-bond acceptors (Lipinski definition) is 4. The van der Waals surface area contributed by atoms with Gasteiger partial charge >= 0.3 is 0 Å². The number of ether oxygens (including phenoxy) is 2. The molecule has 1 amide bonds. The lowest BCUT2D eigenvalue weighted by Crippen LogP contribution is -2.50. The number of likely N-dealkylation sites (tertiary alicyclic amines) is 1. The van der Waals surface area contributed by atoms with E-state index in [1.165, 1.54) is 0 Å². The van der Waals surface area contributed by atoms with Gasteiger partial charge in [0, 0.05) is 37.8 Å². The highest BCUT2D eigenvalue weighted by atomic mass is 16.5. The molecule has 23 heavy (non-hydrogen) atoms. The van der Waals surface area contributed by atoms with E-state index in [1.807, 2.05) is 30.0 Å². The Morgan fingerprint density at radius 1 is 1.17 bits per heavy atom. The molecule has 0 spiro atoms. The number of piperidine rings is 1. The van der Waals surface area contributed by atoms with Crippen LogP contribution in [0.25, 0.3) is 0 Å². The maximum Gasteiger partial charge on any atom is 0.253 e. The Morgan fingerprint density at radius 3 is 2.52 bits per heavy atom. The van der Waals surface area contributed by atoms with Crippen LogP contribution in [-0.4, -0.2) is 68.3 Å². The first kappa shape index (κ1) is 16.3. The molecule has 0 atom stereocenters. The standard InChI is InChI=1S/C18H26N2O3/c1-14-3-4-15(13-17(14)22-2)18(21)20-7-5-16(6-8-20)19-9-11-23-12-10-19/h3-4,13,16H,5-12H2,1-2H3. The van der Waals surface area contributed by atoms with Crippen molar-refractivity contribution in [1.82, 2.24) is 9.80 Å². The van der Waals surface area contributed by atoms with Gasteiger partial charge < -0.3 is 14.4 Å². The maximum absolute atomic E-state index is 12.7.